The highest BCUT2D eigenvalue weighted by Crippen LogP contribution is 2.25. The van der Waals surface area contributed by atoms with Gasteiger partial charge < -0.3 is 15.2 Å². The number of carbonyl (C=O) groups is 2. The molecule has 0 saturated heterocycles. The number of carboxylic acids is 1. The number of carboxylic acid groups (broad SMARTS) is 1. The van der Waals surface area contributed by atoms with E-state index in [0.29, 0.717) is 18.1 Å². The predicted octanol–water partition coefficient (Wildman–Crippen LogP) is 2.99. The van der Waals surface area contributed by atoms with Crippen LogP contribution in [0.5, 0.6) is 5.75 Å². The van der Waals surface area contributed by atoms with Crippen molar-refractivity contribution >= 4 is 11.9 Å². The number of amides is 1. The molecule has 1 aliphatic carbocycles. The maximum absolute atomic E-state index is 12.2. The number of ether oxygens (including phenoxy) is 1. The second-order valence-electron chi connectivity index (χ2n) is 6.43. The molecule has 0 unspecified atom stereocenters. The lowest BCUT2D eigenvalue weighted by molar-refractivity contribution is -0.137. The quantitative estimate of drug-likeness (QED) is 0.812. The zero-order chi connectivity index (χ0) is 16.2. The maximum atomic E-state index is 12.2. The van der Waals surface area contributed by atoms with Crippen molar-refractivity contribution in [2.24, 2.45) is 0 Å². The Balaban J connectivity index is 1.89. The summed E-state index contributed by atoms with van der Waals surface area (Å²) in [6.07, 6.45) is 4.14. The van der Waals surface area contributed by atoms with Crippen molar-refractivity contribution in [1.29, 1.82) is 0 Å². The second kappa shape index (κ2) is 6.81. The van der Waals surface area contributed by atoms with Gasteiger partial charge in [0.25, 0.3) is 5.91 Å². The van der Waals surface area contributed by atoms with Crippen molar-refractivity contribution in [3.8, 4) is 5.75 Å². The third-order valence-corrected chi connectivity index (χ3v) is 3.89. The molecular weight excluding hydrogens is 282 g/mol. The van der Waals surface area contributed by atoms with E-state index >= 15 is 0 Å². The summed E-state index contributed by atoms with van der Waals surface area (Å²) in [5.74, 6) is -0.281. The van der Waals surface area contributed by atoms with Gasteiger partial charge in [-0.3, -0.25) is 9.59 Å². The maximum Gasteiger partial charge on any atom is 0.303 e. The lowest BCUT2D eigenvalue weighted by Crippen LogP contribution is -2.43. The third-order valence-electron chi connectivity index (χ3n) is 3.89. The van der Waals surface area contributed by atoms with Gasteiger partial charge in [0.1, 0.15) is 5.75 Å². The minimum Gasteiger partial charge on any atom is -0.490 e. The first-order chi connectivity index (χ1) is 10.4. The zero-order valence-corrected chi connectivity index (χ0v) is 13.1. The summed E-state index contributed by atoms with van der Waals surface area (Å²) in [5, 5.41) is 11.6. The molecule has 22 heavy (non-hydrogen) atoms. The number of rotatable bonds is 7. The molecule has 0 radical (unpaired) electrons. The molecule has 1 saturated carbocycles. The van der Waals surface area contributed by atoms with E-state index < -0.39 is 11.5 Å². The first kappa shape index (κ1) is 16.3. The minimum absolute atomic E-state index is 0.0292. The van der Waals surface area contributed by atoms with Crippen molar-refractivity contribution in [1.82, 2.24) is 5.32 Å². The summed E-state index contributed by atoms with van der Waals surface area (Å²) in [4.78, 5) is 22.8. The predicted molar refractivity (Wildman–Crippen MR) is 83.1 cm³/mol. The van der Waals surface area contributed by atoms with Crippen LogP contribution in [0.25, 0.3) is 0 Å². The normalized spacial score (nSPS) is 15.0. The molecule has 1 aromatic carbocycles. The molecule has 5 nitrogen and oxygen atoms in total. The third kappa shape index (κ3) is 4.76. The van der Waals surface area contributed by atoms with Gasteiger partial charge in [-0.15, -0.1) is 0 Å². The van der Waals surface area contributed by atoms with Gasteiger partial charge in [0.15, 0.2) is 0 Å². The summed E-state index contributed by atoms with van der Waals surface area (Å²) in [6, 6.07) is 7.07. The molecule has 0 aliphatic heterocycles. The van der Waals surface area contributed by atoms with E-state index in [0.717, 1.165) is 18.6 Å². The number of hydrogen-bond donors (Lipinski definition) is 2. The monoisotopic (exact) mass is 305 g/mol. The summed E-state index contributed by atoms with van der Waals surface area (Å²) in [6.45, 7) is 3.64. The molecule has 5 heteroatoms. The van der Waals surface area contributed by atoms with Crippen LogP contribution >= 0.6 is 0 Å². The average Bonchev–Trinajstić information content (AvgIpc) is 2.41. The van der Waals surface area contributed by atoms with Gasteiger partial charge in [-0.05, 0) is 63.8 Å². The zero-order valence-electron chi connectivity index (χ0n) is 13.1. The lowest BCUT2D eigenvalue weighted by Gasteiger charge is -2.27. The van der Waals surface area contributed by atoms with E-state index in [9.17, 15) is 9.59 Å². The van der Waals surface area contributed by atoms with Crippen LogP contribution in [0.4, 0.5) is 0 Å². The van der Waals surface area contributed by atoms with Crippen molar-refractivity contribution in [2.75, 3.05) is 0 Å². The first-order valence-electron chi connectivity index (χ1n) is 7.67. The SMILES string of the molecule is CC(C)(CCC(=O)O)NC(=O)c1ccc(OC2CCC2)cc1. The van der Waals surface area contributed by atoms with Crippen molar-refractivity contribution < 1.29 is 19.4 Å². The highest BCUT2D eigenvalue weighted by Gasteiger charge is 2.22. The van der Waals surface area contributed by atoms with E-state index in [-0.39, 0.29) is 12.3 Å². The van der Waals surface area contributed by atoms with Crippen LogP contribution in [-0.4, -0.2) is 28.6 Å². The molecule has 1 aromatic rings. The Morgan fingerprint density at radius 1 is 1.27 bits per heavy atom. The molecule has 2 N–H and O–H groups in total. The van der Waals surface area contributed by atoms with E-state index in [1.165, 1.54) is 6.42 Å². The summed E-state index contributed by atoms with van der Waals surface area (Å²) < 4.78 is 5.75. The molecule has 0 bridgehead atoms. The Morgan fingerprint density at radius 2 is 1.91 bits per heavy atom. The van der Waals surface area contributed by atoms with Crippen molar-refractivity contribution in [2.45, 2.75) is 57.6 Å². The van der Waals surface area contributed by atoms with Crippen LogP contribution in [0, 0.1) is 0 Å². The van der Waals surface area contributed by atoms with Crippen molar-refractivity contribution in [3.05, 3.63) is 29.8 Å². The van der Waals surface area contributed by atoms with E-state index in [1.54, 1.807) is 24.3 Å². The van der Waals surface area contributed by atoms with Gasteiger partial charge >= 0.3 is 5.97 Å². The number of hydrogen-bond acceptors (Lipinski definition) is 3. The molecule has 0 aromatic heterocycles. The molecule has 1 fully saturated rings. The Kier molecular flexibility index (Phi) is 5.06. The molecule has 1 amide bonds. The fourth-order valence-corrected chi connectivity index (χ4v) is 2.23. The van der Waals surface area contributed by atoms with Crippen molar-refractivity contribution in [3.63, 3.8) is 0 Å². The van der Waals surface area contributed by atoms with Crippen LogP contribution in [0.3, 0.4) is 0 Å². The Labute approximate surface area is 130 Å². The number of aliphatic carboxylic acids is 1. The number of nitrogens with one attached hydrogen (secondary N) is 1. The molecule has 1 aliphatic rings. The molecule has 0 atom stereocenters. The molecule has 2 rings (SSSR count). The summed E-state index contributed by atoms with van der Waals surface area (Å²) in [5.41, 5.74) is -0.0133. The van der Waals surface area contributed by atoms with Gasteiger partial charge in [0.2, 0.25) is 0 Å². The van der Waals surface area contributed by atoms with Crippen LogP contribution < -0.4 is 10.1 Å². The summed E-state index contributed by atoms with van der Waals surface area (Å²) >= 11 is 0. The molecule has 0 spiro atoms. The standard InChI is InChI=1S/C17H23NO4/c1-17(2,11-10-15(19)20)18-16(21)12-6-8-14(9-7-12)22-13-4-3-5-13/h6-9,13H,3-5,10-11H2,1-2H3,(H,18,21)(H,19,20). The Morgan fingerprint density at radius 3 is 2.41 bits per heavy atom. The van der Waals surface area contributed by atoms with E-state index in [1.807, 2.05) is 13.8 Å². The summed E-state index contributed by atoms with van der Waals surface area (Å²) in [7, 11) is 0. The van der Waals surface area contributed by atoms with Crippen LogP contribution in [-0.2, 0) is 4.79 Å². The smallest absolute Gasteiger partial charge is 0.303 e. The number of benzene rings is 1. The van der Waals surface area contributed by atoms with Gasteiger partial charge in [-0.2, -0.15) is 0 Å². The average molecular weight is 305 g/mol. The minimum atomic E-state index is -0.861. The molecule has 120 valence electrons. The van der Waals surface area contributed by atoms with Crippen LogP contribution in [0.2, 0.25) is 0 Å². The highest BCUT2D eigenvalue weighted by molar-refractivity contribution is 5.94. The fourth-order valence-electron chi connectivity index (χ4n) is 2.23. The van der Waals surface area contributed by atoms with E-state index in [4.69, 9.17) is 9.84 Å². The number of carbonyl (C=O) groups excluding carboxylic acids is 1. The van der Waals surface area contributed by atoms with Gasteiger partial charge in [0, 0.05) is 17.5 Å². The second-order valence-corrected chi connectivity index (χ2v) is 6.43. The largest absolute Gasteiger partial charge is 0.490 e. The van der Waals surface area contributed by atoms with E-state index in [2.05, 4.69) is 5.32 Å². The van der Waals surface area contributed by atoms with Crippen LogP contribution in [0.15, 0.2) is 24.3 Å². The van der Waals surface area contributed by atoms with Gasteiger partial charge in [-0.25, -0.2) is 0 Å². The Bertz CT molecular complexity index is 532. The van der Waals surface area contributed by atoms with Crippen LogP contribution in [0.1, 0.15) is 56.3 Å². The Hall–Kier alpha value is -2.04. The fraction of sp³-hybridized carbons (Fsp3) is 0.529. The highest BCUT2D eigenvalue weighted by atomic mass is 16.5. The lowest BCUT2D eigenvalue weighted by atomic mass is 9.96. The van der Waals surface area contributed by atoms with Gasteiger partial charge in [0.05, 0.1) is 6.10 Å². The molecule has 0 heterocycles. The first-order valence-corrected chi connectivity index (χ1v) is 7.67. The molecular formula is C17H23NO4. The van der Waals surface area contributed by atoms with Gasteiger partial charge in [-0.1, -0.05) is 0 Å². The topological polar surface area (TPSA) is 75.6 Å².